The van der Waals surface area contributed by atoms with Crippen LogP contribution < -0.4 is 24.3 Å². The quantitative estimate of drug-likeness (QED) is 0.829. The molecule has 1 N–H and O–H groups in total. The first-order valence-electron chi connectivity index (χ1n) is 8.62. The van der Waals surface area contributed by atoms with Gasteiger partial charge in [-0.25, -0.2) is 4.39 Å². The summed E-state index contributed by atoms with van der Waals surface area (Å²) in [6.07, 6.45) is 3.74. The van der Waals surface area contributed by atoms with Gasteiger partial charge >= 0.3 is 0 Å². The molecule has 1 aliphatic rings. The third-order valence-electron chi connectivity index (χ3n) is 4.36. The average Bonchev–Trinajstić information content (AvgIpc) is 2.67. The topological polar surface area (TPSA) is 66.0 Å². The van der Waals surface area contributed by atoms with Gasteiger partial charge < -0.3 is 24.3 Å². The zero-order valence-corrected chi connectivity index (χ0v) is 16.4. The first-order chi connectivity index (χ1) is 13.3. The largest absolute Gasteiger partial charge is 0.495 e. The standard InChI is InChI=1S/C21H22FNO5/c1-21(2)11-10-12-15(28-21)8-6-13(18(12)26-4)20(24)23-14-7-9-16(25-3)19(27-5)17(14)22/h6-11H,1-5H3,(H,23,24). The molecule has 7 heteroatoms. The fraction of sp³-hybridized carbons (Fsp3) is 0.286. The maximum absolute atomic E-state index is 14.7. The average molecular weight is 387 g/mol. The number of anilines is 1. The van der Waals surface area contributed by atoms with E-state index in [9.17, 15) is 9.18 Å². The number of amides is 1. The van der Waals surface area contributed by atoms with Crippen LogP contribution in [0.5, 0.6) is 23.0 Å². The highest BCUT2D eigenvalue weighted by Crippen LogP contribution is 2.40. The minimum atomic E-state index is -0.725. The first-order valence-corrected chi connectivity index (χ1v) is 8.62. The Bertz CT molecular complexity index is 952. The van der Waals surface area contributed by atoms with E-state index < -0.39 is 17.3 Å². The Morgan fingerprint density at radius 2 is 1.75 bits per heavy atom. The number of hydrogen-bond donors (Lipinski definition) is 1. The van der Waals surface area contributed by atoms with Gasteiger partial charge in [-0.2, -0.15) is 0 Å². The molecule has 0 radical (unpaired) electrons. The molecule has 0 atom stereocenters. The van der Waals surface area contributed by atoms with Gasteiger partial charge in [0.1, 0.15) is 17.1 Å². The molecule has 6 nitrogen and oxygen atoms in total. The summed E-state index contributed by atoms with van der Waals surface area (Å²) in [5.41, 5.74) is 0.422. The van der Waals surface area contributed by atoms with Crippen LogP contribution >= 0.6 is 0 Å². The van der Waals surface area contributed by atoms with Crippen LogP contribution in [0.4, 0.5) is 10.1 Å². The van der Waals surface area contributed by atoms with Crippen LogP contribution in [0.15, 0.2) is 30.3 Å². The third-order valence-corrected chi connectivity index (χ3v) is 4.36. The number of ether oxygens (including phenoxy) is 4. The van der Waals surface area contributed by atoms with Gasteiger partial charge in [0.15, 0.2) is 17.3 Å². The summed E-state index contributed by atoms with van der Waals surface area (Å²) in [5.74, 6) is -0.146. The molecule has 1 aliphatic heterocycles. The van der Waals surface area contributed by atoms with Crippen molar-refractivity contribution in [3.63, 3.8) is 0 Å². The minimum absolute atomic E-state index is 0.0321. The predicted octanol–water partition coefficient (Wildman–Crippen LogP) is 4.29. The Labute approximate surface area is 162 Å². The fourth-order valence-electron chi connectivity index (χ4n) is 3.00. The van der Waals surface area contributed by atoms with Crippen LogP contribution in [0.25, 0.3) is 6.08 Å². The van der Waals surface area contributed by atoms with Gasteiger partial charge in [-0.3, -0.25) is 4.79 Å². The molecular weight excluding hydrogens is 365 g/mol. The number of halogens is 1. The van der Waals surface area contributed by atoms with Gasteiger partial charge in [0.2, 0.25) is 0 Å². The van der Waals surface area contributed by atoms with Crippen LogP contribution in [0.1, 0.15) is 29.8 Å². The molecule has 2 aromatic carbocycles. The Balaban J connectivity index is 1.96. The van der Waals surface area contributed by atoms with E-state index in [2.05, 4.69) is 5.32 Å². The van der Waals surface area contributed by atoms with Crippen molar-refractivity contribution in [2.24, 2.45) is 0 Å². The van der Waals surface area contributed by atoms with Crippen molar-refractivity contribution in [2.45, 2.75) is 19.4 Å². The highest BCUT2D eigenvalue weighted by molar-refractivity contribution is 6.07. The second-order valence-corrected chi connectivity index (χ2v) is 6.71. The molecule has 0 bridgehead atoms. The lowest BCUT2D eigenvalue weighted by atomic mass is 9.99. The maximum atomic E-state index is 14.7. The highest BCUT2D eigenvalue weighted by Gasteiger charge is 2.27. The van der Waals surface area contributed by atoms with E-state index in [0.717, 1.165) is 0 Å². The summed E-state index contributed by atoms with van der Waals surface area (Å²) < 4.78 is 36.1. The van der Waals surface area contributed by atoms with Gasteiger partial charge in [-0.05, 0) is 50.3 Å². The van der Waals surface area contributed by atoms with Gasteiger partial charge in [-0.1, -0.05) is 0 Å². The van der Waals surface area contributed by atoms with E-state index in [-0.39, 0.29) is 22.7 Å². The number of hydrogen-bond acceptors (Lipinski definition) is 5. The predicted molar refractivity (Wildman–Crippen MR) is 104 cm³/mol. The molecule has 0 fully saturated rings. The van der Waals surface area contributed by atoms with Crippen molar-refractivity contribution >= 4 is 17.7 Å². The molecule has 2 aromatic rings. The van der Waals surface area contributed by atoms with Gasteiger partial charge in [0, 0.05) is 0 Å². The second kappa shape index (κ2) is 7.42. The summed E-state index contributed by atoms with van der Waals surface area (Å²) in [4.78, 5) is 12.8. The molecule has 1 amide bonds. The van der Waals surface area contributed by atoms with Crippen molar-refractivity contribution in [1.82, 2.24) is 0 Å². The molecule has 0 spiro atoms. The summed E-state index contributed by atoms with van der Waals surface area (Å²) in [6, 6.07) is 6.20. The number of rotatable bonds is 5. The SMILES string of the molecule is COc1ccc(NC(=O)c2ccc3c(c2OC)C=CC(C)(C)O3)c(F)c1OC. The van der Waals surface area contributed by atoms with E-state index in [1.165, 1.54) is 33.5 Å². The summed E-state index contributed by atoms with van der Waals surface area (Å²) in [6.45, 7) is 3.86. The first kappa shape index (κ1) is 19.5. The normalized spacial score (nSPS) is 13.9. The second-order valence-electron chi connectivity index (χ2n) is 6.71. The van der Waals surface area contributed by atoms with Crippen molar-refractivity contribution in [1.29, 1.82) is 0 Å². The van der Waals surface area contributed by atoms with Gasteiger partial charge in [-0.15, -0.1) is 0 Å². The number of benzene rings is 2. The van der Waals surface area contributed by atoms with E-state index in [4.69, 9.17) is 18.9 Å². The molecule has 148 valence electrons. The lowest BCUT2D eigenvalue weighted by Gasteiger charge is -2.29. The maximum Gasteiger partial charge on any atom is 0.259 e. The van der Waals surface area contributed by atoms with E-state index >= 15 is 0 Å². The van der Waals surface area contributed by atoms with Gasteiger partial charge in [0.05, 0.1) is 38.1 Å². The van der Waals surface area contributed by atoms with Crippen LogP contribution in [0, 0.1) is 5.82 Å². The van der Waals surface area contributed by atoms with Crippen molar-refractivity contribution in [3.8, 4) is 23.0 Å². The molecule has 0 aromatic heterocycles. The molecular formula is C21H22FNO5. The minimum Gasteiger partial charge on any atom is -0.495 e. The Hall–Kier alpha value is -3.22. The molecule has 3 rings (SSSR count). The zero-order chi connectivity index (χ0) is 20.5. The lowest BCUT2D eigenvalue weighted by Crippen LogP contribution is -2.28. The van der Waals surface area contributed by atoms with Gasteiger partial charge in [0.25, 0.3) is 5.91 Å². The van der Waals surface area contributed by atoms with Crippen molar-refractivity contribution < 1.29 is 28.1 Å². The van der Waals surface area contributed by atoms with Crippen molar-refractivity contribution in [3.05, 3.63) is 47.3 Å². The summed E-state index contributed by atoms with van der Waals surface area (Å²) >= 11 is 0. The fourth-order valence-corrected chi connectivity index (χ4v) is 3.00. The monoisotopic (exact) mass is 387 g/mol. The van der Waals surface area contributed by atoms with E-state index in [0.29, 0.717) is 17.1 Å². The molecule has 0 saturated carbocycles. The molecule has 28 heavy (non-hydrogen) atoms. The molecule has 0 unspecified atom stereocenters. The Kier molecular flexibility index (Phi) is 5.18. The number of methoxy groups -OCH3 is 3. The highest BCUT2D eigenvalue weighted by atomic mass is 19.1. The Morgan fingerprint density at radius 1 is 1.04 bits per heavy atom. The third kappa shape index (κ3) is 3.47. The van der Waals surface area contributed by atoms with Crippen LogP contribution in [0.2, 0.25) is 0 Å². The Morgan fingerprint density at radius 3 is 2.39 bits per heavy atom. The van der Waals surface area contributed by atoms with Crippen LogP contribution in [0.3, 0.4) is 0 Å². The number of carbonyl (C=O) groups is 1. The molecule has 1 heterocycles. The number of fused-ring (bicyclic) bond motifs is 1. The number of nitrogens with one attached hydrogen (secondary N) is 1. The van der Waals surface area contributed by atoms with E-state index in [1.54, 1.807) is 12.1 Å². The molecule has 0 saturated heterocycles. The molecule has 0 aliphatic carbocycles. The summed E-state index contributed by atoms with van der Waals surface area (Å²) in [7, 11) is 4.20. The zero-order valence-electron chi connectivity index (χ0n) is 16.4. The lowest BCUT2D eigenvalue weighted by molar-refractivity contribution is 0.102. The van der Waals surface area contributed by atoms with E-state index in [1.807, 2.05) is 26.0 Å². The summed E-state index contributed by atoms with van der Waals surface area (Å²) in [5, 5.41) is 2.56. The number of carbonyl (C=O) groups excluding carboxylic acids is 1. The van der Waals surface area contributed by atoms with Crippen LogP contribution in [-0.2, 0) is 0 Å². The van der Waals surface area contributed by atoms with Crippen molar-refractivity contribution in [2.75, 3.05) is 26.6 Å². The smallest absolute Gasteiger partial charge is 0.259 e. The van der Waals surface area contributed by atoms with Crippen LogP contribution in [-0.4, -0.2) is 32.8 Å².